The summed E-state index contributed by atoms with van der Waals surface area (Å²) in [5.41, 5.74) is 0.195. The number of rotatable bonds is 8. The Morgan fingerprint density at radius 1 is 1.25 bits per heavy atom. The Bertz CT molecular complexity index is 179. The van der Waals surface area contributed by atoms with Gasteiger partial charge in [0, 0.05) is 31.8 Å². The molecular weight excluding hydrogens is 200 g/mol. The van der Waals surface area contributed by atoms with E-state index in [1.165, 1.54) is 0 Å². The molecule has 0 aliphatic carbocycles. The van der Waals surface area contributed by atoms with Gasteiger partial charge in [-0.25, -0.2) is 0 Å². The van der Waals surface area contributed by atoms with Gasteiger partial charge in [0.1, 0.15) is 0 Å². The lowest BCUT2D eigenvalue weighted by molar-refractivity contribution is 0.153. The number of ether oxygens (including phenoxy) is 1. The lowest BCUT2D eigenvalue weighted by atomic mass is 9.98. The molecule has 0 fully saturated rings. The topological polar surface area (TPSA) is 24.5 Å². The molecule has 98 valence electrons. The highest BCUT2D eigenvalue weighted by Gasteiger charge is 2.22. The molecule has 0 saturated carbocycles. The van der Waals surface area contributed by atoms with Crippen LogP contribution in [0, 0.1) is 5.92 Å². The number of methoxy groups -OCH3 is 1. The quantitative estimate of drug-likeness (QED) is 0.690. The van der Waals surface area contributed by atoms with E-state index in [2.05, 4.69) is 52.0 Å². The van der Waals surface area contributed by atoms with Crippen LogP contribution in [-0.4, -0.2) is 50.8 Å². The van der Waals surface area contributed by atoms with E-state index in [9.17, 15) is 0 Å². The summed E-state index contributed by atoms with van der Waals surface area (Å²) in [6.07, 6.45) is 1.08. The molecule has 0 aromatic rings. The average Bonchev–Trinajstić information content (AvgIpc) is 2.16. The number of nitrogens with one attached hydrogen (secondary N) is 1. The van der Waals surface area contributed by atoms with Gasteiger partial charge in [-0.05, 0) is 40.3 Å². The van der Waals surface area contributed by atoms with E-state index in [4.69, 9.17) is 4.74 Å². The molecule has 0 spiro atoms. The van der Waals surface area contributed by atoms with Crippen molar-refractivity contribution in [2.24, 2.45) is 5.92 Å². The van der Waals surface area contributed by atoms with Crippen LogP contribution in [-0.2, 0) is 4.74 Å². The highest BCUT2D eigenvalue weighted by atomic mass is 16.5. The normalized spacial score (nSPS) is 14.8. The second-order valence-electron chi connectivity index (χ2n) is 5.72. The molecule has 16 heavy (non-hydrogen) atoms. The molecule has 0 amide bonds. The average molecular weight is 230 g/mol. The van der Waals surface area contributed by atoms with Crippen LogP contribution in [0.1, 0.15) is 34.1 Å². The zero-order chi connectivity index (χ0) is 12.8. The number of nitrogens with zero attached hydrogens (tertiary/aromatic N) is 1. The van der Waals surface area contributed by atoms with E-state index in [1.807, 2.05) is 0 Å². The second-order valence-corrected chi connectivity index (χ2v) is 5.72. The molecule has 1 N–H and O–H groups in total. The molecule has 0 saturated heterocycles. The van der Waals surface area contributed by atoms with Gasteiger partial charge in [-0.1, -0.05) is 13.8 Å². The zero-order valence-corrected chi connectivity index (χ0v) is 12.1. The Morgan fingerprint density at radius 2 is 1.81 bits per heavy atom. The third-order valence-corrected chi connectivity index (χ3v) is 3.45. The zero-order valence-electron chi connectivity index (χ0n) is 12.1. The summed E-state index contributed by atoms with van der Waals surface area (Å²) in [5.74, 6) is 0.646. The first kappa shape index (κ1) is 15.9. The van der Waals surface area contributed by atoms with Crippen molar-refractivity contribution in [3.8, 4) is 0 Å². The van der Waals surface area contributed by atoms with Crippen LogP contribution in [0.25, 0.3) is 0 Å². The van der Waals surface area contributed by atoms with Crippen molar-refractivity contribution in [3.63, 3.8) is 0 Å². The Labute approximate surface area is 102 Å². The van der Waals surface area contributed by atoms with Crippen molar-refractivity contribution >= 4 is 0 Å². The fourth-order valence-electron chi connectivity index (χ4n) is 1.45. The van der Waals surface area contributed by atoms with Crippen molar-refractivity contribution < 1.29 is 4.74 Å². The highest BCUT2D eigenvalue weighted by molar-refractivity contribution is 4.82. The molecule has 0 aromatic carbocycles. The van der Waals surface area contributed by atoms with Gasteiger partial charge in [-0.3, -0.25) is 0 Å². The maximum absolute atomic E-state index is 5.15. The third-order valence-electron chi connectivity index (χ3n) is 3.45. The summed E-state index contributed by atoms with van der Waals surface area (Å²) in [5, 5.41) is 3.65. The van der Waals surface area contributed by atoms with Gasteiger partial charge in [-0.2, -0.15) is 0 Å². The van der Waals surface area contributed by atoms with Gasteiger partial charge >= 0.3 is 0 Å². The first-order chi connectivity index (χ1) is 7.31. The lowest BCUT2D eigenvalue weighted by Crippen LogP contribution is -2.50. The van der Waals surface area contributed by atoms with E-state index in [0.29, 0.717) is 12.0 Å². The molecule has 3 nitrogen and oxygen atoms in total. The van der Waals surface area contributed by atoms with Crippen molar-refractivity contribution in [2.75, 3.05) is 34.4 Å². The fraction of sp³-hybridized carbons (Fsp3) is 1.00. The minimum Gasteiger partial charge on any atom is -0.385 e. The lowest BCUT2D eigenvalue weighted by Gasteiger charge is -2.35. The van der Waals surface area contributed by atoms with Gasteiger partial charge in [0.05, 0.1) is 0 Å². The highest BCUT2D eigenvalue weighted by Crippen LogP contribution is 2.11. The predicted octanol–water partition coefficient (Wildman–Crippen LogP) is 1.98. The number of hydrogen-bond donors (Lipinski definition) is 1. The second kappa shape index (κ2) is 7.25. The van der Waals surface area contributed by atoms with Crippen LogP contribution >= 0.6 is 0 Å². The van der Waals surface area contributed by atoms with Gasteiger partial charge in [0.2, 0.25) is 0 Å². The minimum absolute atomic E-state index is 0.195. The van der Waals surface area contributed by atoms with Crippen molar-refractivity contribution in [1.82, 2.24) is 10.2 Å². The first-order valence-corrected chi connectivity index (χ1v) is 6.21. The minimum atomic E-state index is 0.195. The Balaban J connectivity index is 4.11. The molecule has 0 heterocycles. The predicted molar refractivity (Wildman–Crippen MR) is 70.9 cm³/mol. The monoisotopic (exact) mass is 230 g/mol. The van der Waals surface area contributed by atoms with E-state index in [-0.39, 0.29) is 5.54 Å². The smallest absolute Gasteiger partial charge is 0.0477 e. The van der Waals surface area contributed by atoms with Crippen LogP contribution in [0.4, 0.5) is 0 Å². The fourth-order valence-corrected chi connectivity index (χ4v) is 1.45. The molecule has 0 aliphatic heterocycles. The largest absolute Gasteiger partial charge is 0.385 e. The van der Waals surface area contributed by atoms with E-state index in [1.54, 1.807) is 7.11 Å². The van der Waals surface area contributed by atoms with Gasteiger partial charge in [0.25, 0.3) is 0 Å². The number of hydrogen-bond acceptors (Lipinski definition) is 3. The van der Waals surface area contributed by atoms with Crippen LogP contribution in [0.15, 0.2) is 0 Å². The van der Waals surface area contributed by atoms with Crippen molar-refractivity contribution in [1.29, 1.82) is 0 Å². The van der Waals surface area contributed by atoms with E-state index >= 15 is 0 Å². The van der Waals surface area contributed by atoms with E-state index in [0.717, 1.165) is 19.6 Å². The van der Waals surface area contributed by atoms with Crippen LogP contribution < -0.4 is 5.32 Å². The summed E-state index contributed by atoms with van der Waals surface area (Å²) in [7, 11) is 6.02. The Hall–Kier alpha value is -0.120. The van der Waals surface area contributed by atoms with Crippen LogP contribution in [0.2, 0.25) is 0 Å². The third kappa shape index (κ3) is 5.83. The van der Waals surface area contributed by atoms with Crippen molar-refractivity contribution in [3.05, 3.63) is 0 Å². The SMILES string of the molecule is COCCC(NCC(C)(C)N(C)C)C(C)C. The van der Waals surface area contributed by atoms with Crippen LogP contribution in [0.3, 0.4) is 0 Å². The number of likely N-dealkylation sites (N-methyl/N-ethyl adjacent to an activating group) is 1. The van der Waals surface area contributed by atoms with Gasteiger partial charge in [0.15, 0.2) is 0 Å². The molecule has 1 unspecified atom stereocenters. The molecule has 0 radical (unpaired) electrons. The van der Waals surface area contributed by atoms with Gasteiger partial charge < -0.3 is 15.0 Å². The van der Waals surface area contributed by atoms with E-state index < -0.39 is 0 Å². The summed E-state index contributed by atoms with van der Waals surface area (Å²) in [6.45, 7) is 10.9. The van der Waals surface area contributed by atoms with Crippen molar-refractivity contribution in [2.45, 2.75) is 45.7 Å². The molecule has 0 aliphatic rings. The molecule has 0 bridgehead atoms. The molecule has 3 heteroatoms. The standard InChI is InChI=1S/C13H30N2O/c1-11(2)12(8-9-16-7)14-10-13(3,4)15(5)6/h11-12,14H,8-10H2,1-7H3. The summed E-state index contributed by atoms with van der Waals surface area (Å²) < 4.78 is 5.15. The molecule has 1 atom stereocenters. The van der Waals surface area contributed by atoms with Crippen LogP contribution in [0.5, 0.6) is 0 Å². The maximum Gasteiger partial charge on any atom is 0.0477 e. The Kier molecular flexibility index (Phi) is 7.20. The molecule has 0 rings (SSSR count). The Morgan fingerprint density at radius 3 is 2.19 bits per heavy atom. The summed E-state index contributed by atoms with van der Waals surface area (Å²) in [6, 6.07) is 0.541. The first-order valence-electron chi connectivity index (χ1n) is 6.21. The summed E-state index contributed by atoms with van der Waals surface area (Å²) >= 11 is 0. The van der Waals surface area contributed by atoms with Gasteiger partial charge in [-0.15, -0.1) is 0 Å². The molecular formula is C13H30N2O. The maximum atomic E-state index is 5.15. The summed E-state index contributed by atoms with van der Waals surface area (Å²) in [4.78, 5) is 2.26. The molecule has 0 aromatic heterocycles.